The molecule has 8 heteroatoms. The Kier molecular flexibility index (Phi) is 3.15. The van der Waals surface area contributed by atoms with Gasteiger partial charge >= 0.3 is 12.1 Å². The summed E-state index contributed by atoms with van der Waals surface area (Å²) in [5.74, 6) is -2.26. The predicted octanol–water partition coefficient (Wildman–Crippen LogP) is 0.146. The molecule has 0 aromatic carbocycles. The van der Waals surface area contributed by atoms with Gasteiger partial charge in [-0.25, -0.2) is 4.21 Å². The van der Waals surface area contributed by atoms with Gasteiger partial charge in [-0.2, -0.15) is 17.5 Å². The van der Waals surface area contributed by atoms with E-state index in [-0.39, 0.29) is 11.5 Å². The van der Waals surface area contributed by atoms with Crippen molar-refractivity contribution in [1.82, 2.24) is 5.32 Å². The fourth-order valence-electron chi connectivity index (χ4n) is 0.985. The standard InChI is InChI=1S/C6H9F3N2O2S/c7-6(8,9)5(12)11-14(13)3-1-10-2-4-14/h10H,1-4H2. The lowest BCUT2D eigenvalue weighted by molar-refractivity contribution is -0.169. The number of nitrogens with one attached hydrogen (secondary N) is 1. The Hall–Kier alpha value is -0.630. The third kappa shape index (κ3) is 2.95. The molecule has 1 saturated heterocycles. The first kappa shape index (κ1) is 11.4. The smallest absolute Gasteiger partial charge is 0.315 e. The predicted molar refractivity (Wildman–Crippen MR) is 44.2 cm³/mol. The van der Waals surface area contributed by atoms with Gasteiger partial charge in [0.25, 0.3) is 0 Å². The van der Waals surface area contributed by atoms with E-state index in [1.54, 1.807) is 0 Å². The number of hydrogen-bond donors (Lipinski definition) is 1. The van der Waals surface area contributed by atoms with Crippen LogP contribution in [-0.4, -0.2) is 40.9 Å². The lowest BCUT2D eigenvalue weighted by Crippen LogP contribution is -2.37. The van der Waals surface area contributed by atoms with Crippen molar-refractivity contribution in [3.8, 4) is 0 Å². The van der Waals surface area contributed by atoms with Gasteiger partial charge in [0.05, 0.1) is 9.73 Å². The van der Waals surface area contributed by atoms with Crippen LogP contribution in [0.4, 0.5) is 13.2 Å². The van der Waals surface area contributed by atoms with Crippen LogP contribution in [0.25, 0.3) is 0 Å². The van der Waals surface area contributed by atoms with Gasteiger partial charge in [-0.05, 0) is 0 Å². The highest BCUT2D eigenvalue weighted by Crippen LogP contribution is 2.18. The number of rotatable bonds is 0. The molecule has 0 aliphatic carbocycles. The lowest BCUT2D eigenvalue weighted by Gasteiger charge is -2.16. The summed E-state index contributed by atoms with van der Waals surface area (Å²) in [6, 6.07) is 0. The molecular formula is C6H9F3N2O2S. The average molecular weight is 230 g/mol. The second kappa shape index (κ2) is 3.85. The van der Waals surface area contributed by atoms with E-state index in [9.17, 15) is 22.2 Å². The highest BCUT2D eigenvalue weighted by molar-refractivity contribution is 7.94. The highest BCUT2D eigenvalue weighted by atomic mass is 32.2. The molecular weight excluding hydrogens is 221 g/mol. The number of halogens is 3. The number of carbonyl (C=O) groups excluding carboxylic acids is 1. The Labute approximate surface area is 79.0 Å². The summed E-state index contributed by atoms with van der Waals surface area (Å²) in [5.41, 5.74) is 0. The second-order valence-corrected chi connectivity index (χ2v) is 5.37. The van der Waals surface area contributed by atoms with Crippen LogP contribution in [0.1, 0.15) is 0 Å². The Bertz CT molecular complexity index is 331. The number of nitrogens with zero attached hydrogens (tertiary/aromatic N) is 1. The minimum atomic E-state index is -5.02. The molecule has 14 heavy (non-hydrogen) atoms. The van der Waals surface area contributed by atoms with E-state index in [1.807, 2.05) is 0 Å². The molecule has 0 atom stereocenters. The van der Waals surface area contributed by atoms with Crippen molar-refractivity contribution in [1.29, 1.82) is 0 Å². The van der Waals surface area contributed by atoms with Crippen LogP contribution in [0.5, 0.6) is 0 Å². The molecule has 1 N–H and O–H groups in total. The molecule has 0 spiro atoms. The maximum absolute atomic E-state index is 11.8. The number of alkyl halides is 3. The Morgan fingerprint density at radius 2 is 1.79 bits per heavy atom. The van der Waals surface area contributed by atoms with Gasteiger partial charge in [0.2, 0.25) is 0 Å². The van der Waals surface area contributed by atoms with Crippen LogP contribution in [0.15, 0.2) is 4.36 Å². The maximum atomic E-state index is 11.8. The summed E-state index contributed by atoms with van der Waals surface area (Å²) in [6.45, 7) is 0.654. The fourth-order valence-corrected chi connectivity index (χ4v) is 2.70. The summed E-state index contributed by atoms with van der Waals surface area (Å²) >= 11 is 0. The molecule has 4 nitrogen and oxygen atoms in total. The quantitative estimate of drug-likeness (QED) is 0.644. The van der Waals surface area contributed by atoms with Crippen molar-refractivity contribution < 1.29 is 22.2 Å². The third-order valence-electron chi connectivity index (χ3n) is 1.69. The molecule has 82 valence electrons. The monoisotopic (exact) mass is 230 g/mol. The molecule has 0 aromatic heterocycles. The van der Waals surface area contributed by atoms with Crippen LogP contribution in [-0.2, 0) is 14.5 Å². The van der Waals surface area contributed by atoms with Crippen molar-refractivity contribution in [2.45, 2.75) is 6.18 Å². The van der Waals surface area contributed by atoms with E-state index < -0.39 is 21.8 Å². The van der Waals surface area contributed by atoms with E-state index in [2.05, 4.69) is 9.68 Å². The zero-order valence-electron chi connectivity index (χ0n) is 7.13. The first-order chi connectivity index (χ1) is 6.33. The zero-order chi connectivity index (χ0) is 10.8. The molecule has 0 unspecified atom stereocenters. The van der Waals surface area contributed by atoms with Crippen LogP contribution in [0.3, 0.4) is 0 Å². The Morgan fingerprint density at radius 3 is 2.21 bits per heavy atom. The van der Waals surface area contributed by atoms with E-state index in [1.165, 1.54) is 0 Å². The van der Waals surface area contributed by atoms with Gasteiger partial charge in [-0.3, -0.25) is 4.79 Å². The lowest BCUT2D eigenvalue weighted by atomic mass is 10.6. The Balaban J connectivity index is 2.86. The summed E-state index contributed by atoms with van der Waals surface area (Å²) in [6.07, 6.45) is -5.02. The number of amides is 1. The molecule has 1 amide bonds. The molecule has 1 aliphatic rings. The summed E-state index contributed by atoms with van der Waals surface area (Å²) in [4.78, 5) is 10.4. The number of carbonyl (C=O) groups is 1. The molecule has 0 radical (unpaired) electrons. The second-order valence-electron chi connectivity index (χ2n) is 2.83. The van der Waals surface area contributed by atoms with E-state index in [0.717, 1.165) is 0 Å². The van der Waals surface area contributed by atoms with Crippen molar-refractivity contribution >= 4 is 15.6 Å². The molecule has 0 saturated carbocycles. The topological polar surface area (TPSA) is 58.5 Å². The van der Waals surface area contributed by atoms with Crippen molar-refractivity contribution in [2.24, 2.45) is 4.36 Å². The van der Waals surface area contributed by atoms with Crippen LogP contribution in [0, 0.1) is 0 Å². The summed E-state index contributed by atoms with van der Waals surface area (Å²) in [7, 11) is -2.98. The van der Waals surface area contributed by atoms with Gasteiger partial charge in [0.1, 0.15) is 0 Å². The van der Waals surface area contributed by atoms with Crippen molar-refractivity contribution in [3.63, 3.8) is 0 Å². The van der Waals surface area contributed by atoms with Crippen molar-refractivity contribution in [2.75, 3.05) is 24.6 Å². The third-order valence-corrected chi connectivity index (χ3v) is 3.87. The first-order valence-corrected chi connectivity index (χ1v) is 5.73. The largest absolute Gasteiger partial charge is 0.474 e. The molecule has 0 aromatic rings. The molecule has 1 rings (SSSR count). The molecule has 1 fully saturated rings. The average Bonchev–Trinajstić information content (AvgIpc) is 2.02. The van der Waals surface area contributed by atoms with Gasteiger partial charge in [0, 0.05) is 24.6 Å². The van der Waals surface area contributed by atoms with Gasteiger partial charge in [-0.1, -0.05) is 0 Å². The van der Waals surface area contributed by atoms with Gasteiger partial charge in [-0.15, -0.1) is 0 Å². The van der Waals surface area contributed by atoms with E-state index in [0.29, 0.717) is 13.1 Å². The minimum absolute atomic E-state index is 0.00514. The van der Waals surface area contributed by atoms with Crippen molar-refractivity contribution in [3.05, 3.63) is 0 Å². The van der Waals surface area contributed by atoms with Crippen LogP contribution in [0.2, 0.25) is 0 Å². The highest BCUT2D eigenvalue weighted by Gasteiger charge is 2.39. The summed E-state index contributed by atoms with van der Waals surface area (Å²) < 4.78 is 49.7. The fraction of sp³-hybridized carbons (Fsp3) is 0.833. The first-order valence-electron chi connectivity index (χ1n) is 3.88. The minimum Gasteiger partial charge on any atom is -0.315 e. The molecule has 1 heterocycles. The maximum Gasteiger partial charge on any atom is 0.474 e. The number of hydrogen-bond acceptors (Lipinski definition) is 3. The van der Waals surface area contributed by atoms with E-state index >= 15 is 0 Å². The van der Waals surface area contributed by atoms with E-state index in [4.69, 9.17) is 0 Å². The SMILES string of the molecule is O=C(N=S1(=O)CCNCC1)C(F)(F)F. The Morgan fingerprint density at radius 1 is 1.29 bits per heavy atom. The van der Waals surface area contributed by atoms with Gasteiger partial charge in [0.15, 0.2) is 0 Å². The molecule has 0 bridgehead atoms. The van der Waals surface area contributed by atoms with Crippen LogP contribution >= 0.6 is 0 Å². The van der Waals surface area contributed by atoms with Crippen LogP contribution < -0.4 is 5.32 Å². The molecule has 1 aliphatic heterocycles. The van der Waals surface area contributed by atoms with Gasteiger partial charge < -0.3 is 5.32 Å². The summed E-state index contributed by atoms with van der Waals surface area (Å²) in [5, 5.41) is 2.82. The zero-order valence-corrected chi connectivity index (χ0v) is 7.95. The normalized spacial score (nSPS) is 21.6.